The first kappa shape index (κ1) is 26.6. The van der Waals surface area contributed by atoms with Crippen LogP contribution in [0.15, 0.2) is 48.5 Å². The van der Waals surface area contributed by atoms with Crippen molar-refractivity contribution < 1.29 is 23.5 Å². The van der Waals surface area contributed by atoms with E-state index < -0.39 is 29.9 Å². The molecule has 198 valence electrons. The summed E-state index contributed by atoms with van der Waals surface area (Å²) in [6.45, 7) is 2.27. The Balaban J connectivity index is 1.81. The van der Waals surface area contributed by atoms with E-state index in [9.17, 15) is 18.8 Å². The molecule has 2 fully saturated rings. The van der Waals surface area contributed by atoms with E-state index >= 15 is 0 Å². The molecular formula is C29H36FN3O4. The van der Waals surface area contributed by atoms with Crippen LogP contribution in [0.25, 0.3) is 0 Å². The van der Waals surface area contributed by atoms with Crippen LogP contribution in [0.4, 0.5) is 14.9 Å². The number of ether oxygens (including phenoxy) is 1. The largest absolute Gasteiger partial charge is 0.453 e. The highest BCUT2D eigenvalue weighted by Crippen LogP contribution is 2.34. The number of benzene rings is 2. The van der Waals surface area contributed by atoms with Gasteiger partial charge in [-0.25, -0.2) is 9.18 Å². The Morgan fingerprint density at radius 1 is 1.00 bits per heavy atom. The fraction of sp³-hybridized carbons (Fsp3) is 0.483. The van der Waals surface area contributed by atoms with Crippen molar-refractivity contribution in [1.82, 2.24) is 10.2 Å². The molecule has 7 nitrogen and oxygen atoms in total. The van der Waals surface area contributed by atoms with Crippen LogP contribution in [0.1, 0.15) is 68.5 Å². The number of carbonyl (C=O) groups is 3. The quantitative estimate of drug-likeness (QED) is 0.575. The first-order valence-electron chi connectivity index (χ1n) is 13.2. The van der Waals surface area contributed by atoms with Crippen LogP contribution < -0.4 is 10.2 Å². The zero-order valence-electron chi connectivity index (χ0n) is 21.6. The van der Waals surface area contributed by atoms with E-state index in [2.05, 4.69) is 5.32 Å². The summed E-state index contributed by atoms with van der Waals surface area (Å²) < 4.78 is 19.5. The van der Waals surface area contributed by atoms with Crippen molar-refractivity contribution in [3.05, 3.63) is 65.5 Å². The van der Waals surface area contributed by atoms with Gasteiger partial charge in [0, 0.05) is 18.3 Å². The summed E-state index contributed by atoms with van der Waals surface area (Å²) >= 11 is 0. The topological polar surface area (TPSA) is 79.0 Å². The molecule has 1 aliphatic carbocycles. The molecule has 1 aliphatic heterocycles. The van der Waals surface area contributed by atoms with Gasteiger partial charge in [0.15, 0.2) is 0 Å². The fourth-order valence-electron chi connectivity index (χ4n) is 5.53. The lowest BCUT2D eigenvalue weighted by Crippen LogP contribution is -2.56. The van der Waals surface area contributed by atoms with Gasteiger partial charge in [0.05, 0.1) is 7.11 Å². The van der Waals surface area contributed by atoms with Gasteiger partial charge in [-0.05, 0) is 68.4 Å². The molecule has 2 aliphatic rings. The third-order valence-electron chi connectivity index (χ3n) is 7.46. The van der Waals surface area contributed by atoms with Crippen LogP contribution in [-0.2, 0) is 14.3 Å². The van der Waals surface area contributed by atoms with Crippen molar-refractivity contribution in [2.45, 2.75) is 76.4 Å². The maximum atomic E-state index is 14.5. The number of aryl methyl sites for hydroxylation is 1. The van der Waals surface area contributed by atoms with Crippen LogP contribution in [0.3, 0.4) is 0 Å². The number of likely N-dealkylation sites (tertiary alicyclic amines) is 1. The van der Waals surface area contributed by atoms with Crippen molar-refractivity contribution in [2.75, 3.05) is 18.6 Å². The van der Waals surface area contributed by atoms with Crippen molar-refractivity contribution in [3.8, 4) is 0 Å². The Labute approximate surface area is 218 Å². The van der Waals surface area contributed by atoms with E-state index in [0.717, 1.165) is 50.5 Å². The maximum absolute atomic E-state index is 14.5. The second-order valence-electron chi connectivity index (χ2n) is 9.97. The Morgan fingerprint density at radius 3 is 2.43 bits per heavy atom. The van der Waals surface area contributed by atoms with E-state index in [1.807, 2.05) is 31.2 Å². The molecule has 0 aromatic heterocycles. The van der Waals surface area contributed by atoms with Crippen LogP contribution in [0, 0.1) is 12.7 Å². The summed E-state index contributed by atoms with van der Waals surface area (Å²) in [6, 6.07) is 11.3. The number of hydrogen-bond acceptors (Lipinski definition) is 4. The molecule has 0 radical (unpaired) electrons. The van der Waals surface area contributed by atoms with Crippen molar-refractivity contribution in [2.24, 2.45) is 0 Å². The van der Waals surface area contributed by atoms with Gasteiger partial charge in [-0.15, -0.1) is 0 Å². The van der Waals surface area contributed by atoms with Crippen LogP contribution in [0.5, 0.6) is 0 Å². The average Bonchev–Trinajstić information content (AvgIpc) is 2.92. The molecule has 1 heterocycles. The van der Waals surface area contributed by atoms with Crippen molar-refractivity contribution >= 4 is 23.6 Å². The van der Waals surface area contributed by atoms with Gasteiger partial charge in [0.25, 0.3) is 5.91 Å². The highest BCUT2D eigenvalue weighted by atomic mass is 19.1. The molecular weight excluding hydrogens is 473 g/mol. The lowest BCUT2D eigenvalue weighted by Gasteiger charge is -2.40. The fourth-order valence-corrected chi connectivity index (χ4v) is 5.53. The molecule has 1 N–H and O–H groups in total. The Hall–Kier alpha value is -3.42. The summed E-state index contributed by atoms with van der Waals surface area (Å²) in [7, 11) is 1.29. The third-order valence-corrected chi connectivity index (χ3v) is 7.46. The van der Waals surface area contributed by atoms with Gasteiger partial charge in [0.1, 0.15) is 17.9 Å². The summed E-state index contributed by atoms with van der Waals surface area (Å²) in [4.78, 5) is 43.7. The molecule has 2 aromatic rings. The molecule has 2 atom stereocenters. The van der Waals surface area contributed by atoms with E-state index in [-0.39, 0.29) is 17.6 Å². The van der Waals surface area contributed by atoms with Gasteiger partial charge < -0.3 is 10.1 Å². The number of piperidine rings is 1. The van der Waals surface area contributed by atoms with Gasteiger partial charge in [-0.1, -0.05) is 49.6 Å². The van der Waals surface area contributed by atoms with Crippen LogP contribution >= 0.6 is 0 Å². The number of rotatable bonds is 6. The van der Waals surface area contributed by atoms with E-state index in [1.54, 1.807) is 6.07 Å². The van der Waals surface area contributed by atoms with Crippen molar-refractivity contribution in [1.29, 1.82) is 0 Å². The minimum Gasteiger partial charge on any atom is -0.453 e. The predicted molar refractivity (Wildman–Crippen MR) is 140 cm³/mol. The number of nitrogens with zero attached hydrogens (tertiary/aromatic N) is 2. The summed E-state index contributed by atoms with van der Waals surface area (Å²) in [6.07, 6.45) is 6.36. The molecule has 0 bridgehead atoms. The minimum absolute atomic E-state index is 0.0264. The number of methoxy groups -OCH3 is 1. The predicted octanol–water partition coefficient (Wildman–Crippen LogP) is 5.28. The van der Waals surface area contributed by atoms with Gasteiger partial charge >= 0.3 is 6.09 Å². The molecule has 1 saturated heterocycles. The molecule has 1 saturated carbocycles. The van der Waals surface area contributed by atoms with Gasteiger partial charge in [-0.3, -0.25) is 19.4 Å². The van der Waals surface area contributed by atoms with Gasteiger partial charge in [-0.2, -0.15) is 0 Å². The molecule has 37 heavy (non-hydrogen) atoms. The average molecular weight is 510 g/mol. The Kier molecular flexibility index (Phi) is 8.79. The standard InChI is InChI=1S/C29H36FN3O4/c1-20-11-6-7-16-24(20)26(27(34)31-22-13-4-3-5-14-22)33(23-15-10-12-21(30)19-23)28(35)25-17-8-9-18-32(25)29(36)37-2/h6-7,10-12,15-16,19,22,25-26H,3-5,8-9,13-14,17-18H2,1-2H3,(H,31,34)/t25-,26?/m1/s1. The number of nitrogens with one attached hydrogen (secondary N) is 1. The summed E-state index contributed by atoms with van der Waals surface area (Å²) in [5.41, 5.74) is 1.77. The van der Waals surface area contributed by atoms with Crippen molar-refractivity contribution in [3.63, 3.8) is 0 Å². The second-order valence-corrected chi connectivity index (χ2v) is 9.97. The Bertz CT molecular complexity index is 1120. The van der Waals surface area contributed by atoms with Crippen LogP contribution in [0.2, 0.25) is 0 Å². The highest BCUT2D eigenvalue weighted by molar-refractivity contribution is 6.04. The highest BCUT2D eigenvalue weighted by Gasteiger charge is 2.41. The van der Waals surface area contributed by atoms with Gasteiger partial charge in [0.2, 0.25) is 5.91 Å². The maximum Gasteiger partial charge on any atom is 0.410 e. The molecule has 8 heteroatoms. The first-order chi connectivity index (χ1) is 17.9. The van der Waals surface area contributed by atoms with Crippen LogP contribution in [-0.4, -0.2) is 48.5 Å². The molecule has 4 rings (SSSR count). The smallest absolute Gasteiger partial charge is 0.410 e. The second kappa shape index (κ2) is 12.2. The summed E-state index contributed by atoms with van der Waals surface area (Å²) in [5, 5.41) is 3.18. The molecule has 1 unspecified atom stereocenters. The van der Waals surface area contributed by atoms with E-state index in [4.69, 9.17) is 4.74 Å². The third kappa shape index (κ3) is 6.12. The Morgan fingerprint density at radius 2 is 1.73 bits per heavy atom. The lowest BCUT2D eigenvalue weighted by atomic mass is 9.93. The molecule has 3 amide bonds. The lowest BCUT2D eigenvalue weighted by molar-refractivity contribution is -0.130. The van der Waals surface area contributed by atoms with E-state index in [1.165, 1.54) is 35.1 Å². The SMILES string of the molecule is COC(=O)N1CCCC[C@@H]1C(=O)N(c1cccc(F)c1)C(C(=O)NC1CCCCC1)c1ccccc1C. The monoisotopic (exact) mass is 509 g/mol. The zero-order valence-corrected chi connectivity index (χ0v) is 21.6. The summed E-state index contributed by atoms with van der Waals surface area (Å²) in [5.74, 6) is -1.25. The number of halogens is 1. The molecule has 0 spiro atoms. The number of anilines is 1. The number of amides is 3. The normalized spacial score (nSPS) is 19.1. The number of hydrogen-bond donors (Lipinski definition) is 1. The zero-order chi connectivity index (χ0) is 26.4. The number of carbonyl (C=O) groups excluding carboxylic acids is 3. The first-order valence-corrected chi connectivity index (χ1v) is 13.2. The molecule has 2 aromatic carbocycles. The minimum atomic E-state index is -1.03. The van der Waals surface area contributed by atoms with E-state index in [0.29, 0.717) is 18.5 Å².